The van der Waals surface area contributed by atoms with E-state index in [1.807, 2.05) is 56.0 Å². The number of thiophene rings is 1. The molecular formula is C22H23N3O2S. The van der Waals surface area contributed by atoms with Crippen LogP contribution in [0.15, 0.2) is 29.1 Å². The lowest BCUT2D eigenvalue weighted by Crippen LogP contribution is -2.29. The fraction of sp³-hybridized carbons (Fsp3) is 0.318. The van der Waals surface area contributed by atoms with E-state index in [9.17, 15) is 9.59 Å². The molecule has 0 atom stereocenters. The van der Waals surface area contributed by atoms with Gasteiger partial charge in [0.05, 0.1) is 11.0 Å². The fourth-order valence-corrected chi connectivity index (χ4v) is 4.66. The monoisotopic (exact) mass is 393 g/mol. The summed E-state index contributed by atoms with van der Waals surface area (Å²) in [6.07, 6.45) is 3.86. The number of likely N-dealkylation sites (tertiary alicyclic amines) is 1. The highest BCUT2D eigenvalue weighted by atomic mass is 32.1. The molecule has 0 unspecified atom stereocenters. The van der Waals surface area contributed by atoms with Crippen LogP contribution in [0.5, 0.6) is 0 Å². The van der Waals surface area contributed by atoms with Gasteiger partial charge < -0.3 is 9.88 Å². The summed E-state index contributed by atoms with van der Waals surface area (Å²) in [5.74, 6) is 0.267. The maximum Gasteiger partial charge on any atom is 0.260 e. The summed E-state index contributed by atoms with van der Waals surface area (Å²) in [7, 11) is 0. The molecule has 1 saturated heterocycles. The summed E-state index contributed by atoms with van der Waals surface area (Å²) >= 11 is 1.49. The highest BCUT2D eigenvalue weighted by Gasteiger charge is 2.25. The number of aromatic nitrogens is 2. The van der Waals surface area contributed by atoms with E-state index >= 15 is 0 Å². The van der Waals surface area contributed by atoms with E-state index in [1.165, 1.54) is 11.3 Å². The van der Waals surface area contributed by atoms with Gasteiger partial charge in [-0.25, -0.2) is 4.98 Å². The zero-order valence-corrected chi connectivity index (χ0v) is 17.2. The third-order valence-electron chi connectivity index (χ3n) is 5.27. The van der Waals surface area contributed by atoms with Gasteiger partial charge in [-0.1, -0.05) is 29.8 Å². The quantitative estimate of drug-likeness (QED) is 0.682. The van der Waals surface area contributed by atoms with Crippen molar-refractivity contribution >= 4 is 39.1 Å². The molecule has 0 spiro atoms. The predicted octanol–water partition coefficient (Wildman–Crippen LogP) is 4.07. The first-order valence-corrected chi connectivity index (χ1v) is 10.3. The Morgan fingerprint density at radius 1 is 1.21 bits per heavy atom. The first-order chi connectivity index (χ1) is 13.4. The van der Waals surface area contributed by atoms with E-state index in [0.29, 0.717) is 21.6 Å². The number of nitrogens with zero attached hydrogens (tertiary/aromatic N) is 2. The number of hydrogen-bond donors (Lipinski definition) is 1. The van der Waals surface area contributed by atoms with Crippen LogP contribution in [0.2, 0.25) is 0 Å². The zero-order valence-electron chi connectivity index (χ0n) is 16.3. The number of hydrogen-bond acceptors (Lipinski definition) is 4. The normalized spacial score (nSPS) is 14.8. The van der Waals surface area contributed by atoms with Crippen molar-refractivity contribution < 1.29 is 4.79 Å². The predicted molar refractivity (Wildman–Crippen MR) is 115 cm³/mol. The molecule has 3 heterocycles. The minimum absolute atomic E-state index is 0.0773. The van der Waals surface area contributed by atoms with Crippen molar-refractivity contribution in [1.82, 2.24) is 14.9 Å². The Morgan fingerprint density at radius 3 is 2.68 bits per heavy atom. The van der Waals surface area contributed by atoms with E-state index in [-0.39, 0.29) is 11.5 Å². The smallest absolute Gasteiger partial charge is 0.260 e. The third-order valence-corrected chi connectivity index (χ3v) is 6.37. The summed E-state index contributed by atoms with van der Waals surface area (Å²) in [5, 5.41) is 0.620. The highest BCUT2D eigenvalue weighted by Crippen LogP contribution is 2.28. The second-order valence-electron chi connectivity index (χ2n) is 7.35. The standard InChI is InChI=1S/C22H23N3O2S/c1-13-7-6-8-16(11-13)12-17(22(27)25-9-4-5-10-25)19-23-20(26)18-14(2)15(3)28-21(18)24-19/h6-8,11-12H,4-5,9-10H2,1-3H3,(H,23,24,26). The van der Waals surface area contributed by atoms with Gasteiger partial charge in [0.1, 0.15) is 10.7 Å². The van der Waals surface area contributed by atoms with Gasteiger partial charge in [-0.05, 0) is 50.8 Å². The molecule has 1 amide bonds. The van der Waals surface area contributed by atoms with Crippen LogP contribution in [0.25, 0.3) is 21.9 Å². The van der Waals surface area contributed by atoms with Crippen molar-refractivity contribution in [3.8, 4) is 0 Å². The van der Waals surface area contributed by atoms with Crippen LogP contribution in [0.3, 0.4) is 0 Å². The van der Waals surface area contributed by atoms with Gasteiger partial charge >= 0.3 is 0 Å². The van der Waals surface area contributed by atoms with Crippen molar-refractivity contribution in [2.45, 2.75) is 33.6 Å². The number of benzene rings is 1. The van der Waals surface area contributed by atoms with Crippen molar-refractivity contribution in [3.63, 3.8) is 0 Å². The van der Waals surface area contributed by atoms with Crippen LogP contribution in [0.4, 0.5) is 0 Å². The maximum absolute atomic E-state index is 13.3. The zero-order chi connectivity index (χ0) is 19.8. The minimum Gasteiger partial charge on any atom is -0.339 e. The number of aryl methyl sites for hydroxylation is 3. The topological polar surface area (TPSA) is 66.1 Å². The van der Waals surface area contributed by atoms with Gasteiger partial charge in [-0.15, -0.1) is 11.3 Å². The Bertz CT molecular complexity index is 1150. The molecule has 144 valence electrons. The summed E-state index contributed by atoms with van der Waals surface area (Å²) in [4.78, 5) is 37.1. The first-order valence-electron chi connectivity index (χ1n) is 9.52. The summed E-state index contributed by atoms with van der Waals surface area (Å²) < 4.78 is 0. The van der Waals surface area contributed by atoms with Gasteiger partial charge in [-0.3, -0.25) is 9.59 Å². The second-order valence-corrected chi connectivity index (χ2v) is 8.55. The molecule has 0 bridgehead atoms. The van der Waals surface area contributed by atoms with Crippen molar-refractivity contribution in [2.24, 2.45) is 0 Å². The van der Waals surface area contributed by atoms with Crippen molar-refractivity contribution in [2.75, 3.05) is 13.1 Å². The molecule has 0 aliphatic carbocycles. The molecule has 0 saturated carbocycles. The lowest BCUT2D eigenvalue weighted by Gasteiger charge is -2.17. The van der Waals surface area contributed by atoms with Gasteiger partial charge in [0.2, 0.25) is 0 Å². The second kappa shape index (κ2) is 7.36. The number of aromatic amines is 1. The Kier molecular flexibility index (Phi) is 4.89. The number of fused-ring (bicyclic) bond motifs is 1. The van der Waals surface area contributed by atoms with Crippen LogP contribution in [0.1, 0.15) is 40.2 Å². The van der Waals surface area contributed by atoms with Gasteiger partial charge in [0, 0.05) is 18.0 Å². The summed E-state index contributed by atoms with van der Waals surface area (Å²) in [6.45, 7) is 7.42. The summed E-state index contributed by atoms with van der Waals surface area (Å²) in [6, 6.07) is 7.96. The minimum atomic E-state index is -0.189. The largest absolute Gasteiger partial charge is 0.339 e. The van der Waals surface area contributed by atoms with Gasteiger partial charge in [0.25, 0.3) is 11.5 Å². The molecule has 0 radical (unpaired) electrons. The number of nitrogens with one attached hydrogen (secondary N) is 1. The molecule has 28 heavy (non-hydrogen) atoms. The number of carbonyl (C=O) groups is 1. The Balaban J connectivity index is 1.89. The highest BCUT2D eigenvalue weighted by molar-refractivity contribution is 7.18. The number of rotatable bonds is 3. The molecule has 5 nitrogen and oxygen atoms in total. The van der Waals surface area contributed by atoms with Crippen LogP contribution >= 0.6 is 11.3 Å². The average molecular weight is 394 g/mol. The van der Waals surface area contributed by atoms with Gasteiger partial charge in [-0.2, -0.15) is 0 Å². The molecule has 4 rings (SSSR count). The molecule has 3 aromatic rings. The number of carbonyl (C=O) groups excluding carboxylic acids is 1. The van der Waals surface area contributed by atoms with E-state index in [4.69, 9.17) is 0 Å². The Hall–Kier alpha value is -2.73. The van der Waals surface area contributed by atoms with Gasteiger partial charge in [0.15, 0.2) is 0 Å². The SMILES string of the molecule is Cc1cccc(C=C(C(=O)N2CCCC2)c2nc3sc(C)c(C)c3c(=O)[nH]2)c1. The number of H-pyrrole nitrogens is 1. The molecule has 1 fully saturated rings. The first kappa shape index (κ1) is 18.6. The lowest BCUT2D eigenvalue weighted by molar-refractivity contribution is -0.123. The summed E-state index contributed by atoms with van der Waals surface area (Å²) in [5.41, 5.74) is 3.24. The lowest BCUT2D eigenvalue weighted by atomic mass is 10.1. The molecule has 1 aliphatic heterocycles. The third kappa shape index (κ3) is 3.40. The molecule has 1 N–H and O–H groups in total. The van der Waals surface area contributed by atoms with Crippen LogP contribution < -0.4 is 5.56 Å². The van der Waals surface area contributed by atoms with E-state index < -0.39 is 0 Å². The van der Waals surface area contributed by atoms with Crippen molar-refractivity contribution in [1.29, 1.82) is 0 Å². The fourth-order valence-electron chi connectivity index (χ4n) is 3.63. The average Bonchev–Trinajstić information content (AvgIpc) is 3.28. The Morgan fingerprint density at radius 2 is 1.96 bits per heavy atom. The van der Waals surface area contributed by atoms with E-state index in [0.717, 1.165) is 47.5 Å². The van der Waals surface area contributed by atoms with Crippen molar-refractivity contribution in [3.05, 3.63) is 62.0 Å². The maximum atomic E-state index is 13.3. The molecule has 1 aromatic carbocycles. The molecule has 6 heteroatoms. The van der Waals surface area contributed by atoms with Crippen LogP contribution in [0, 0.1) is 20.8 Å². The van der Waals surface area contributed by atoms with Crippen LogP contribution in [-0.4, -0.2) is 33.9 Å². The van der Waals surface area contributed by atoms with E-state index in [1.54, 1.807) is 0 Å². The Labute approximate surface area is 167 Å². The molecule has 1 aliphatic rings. The molecule has 2 aromatic heterocycles. The molecular weight excluding hydrogens is 370 g/mol. The van der Waals surface area contributed by atoms with Crippen LogP contribution in [-0.2, 0) is 4.79 Å². The number of amides is 1. The van der Waals surface area contributed by atoms with E-state index in [2.05, 4.69) is 9.97 Å².